The zero-order valence-corrected chi connectivity index (χ0v) is 9.13. The first-order chi connectivity index (χ1) is 7.25. The van der Waals surface area contributed by atoms with Crippen molar-refractivity contribution >= 4 is 11.6 Å². The van der Waals surface area contributed by atoms with Crippen LogP contribution in [0.5, 0.6) is 5.75 Å². The summed E-state index contributed by atoms with van der Waals surface area (Å²) in [6.07, 6.45) is 3.52. The third-order valence-corrected chi connectivity index (χ3v) is 2.73. The van der Waals surface area contributed by atoms with Crippen molar-refractivity contribution in [3.63, 3.8) is 0 Å². The topological polar surface area (TPSA) is 12.5 Å². The lowest BCUT2D eigenvalue weighted by molar-refractivity contribution is -0.0719. The van der Waals surface area contributed by atoms with E-state index in [1.165, 1.54) is 18.6 Å². The predicted octanol–water partition coefficient (Wildman–Crippen LogP) is 3.26. The molecule has 0 aromatic heterocycles. The molecule has 0 radical (unpaired) electrons. The second-order valence-corrected chi connectivity index (χ2v) is 4.06. The lowest BCUT2D eigenvalue weighted by atomic mass is 10.2. The van der Waals surface area contributed by atoms with Crippen LogP contribution < -0.4 is 4.84 Å². The molecule has 1 fully saturated rings. The molecule has 0 amide bonds. The van der Waals surface area contributed by atoms with E-state index in [1.807, 2.05) is 5.06 Å². The van der Waals surface area contributed by atoms with Crippen molar-refractivity contribution in [1.29, 1.82) is 0 Å². The minimum absolute atomic E-state index is 0.320. The molecule has 0 N–H and O–H groups in total. The van der Waals surface area contributed by atoms with E-state index in [4.69, 9.17) is 16.4 Å². The van der Waals surface area contributed by atoms with E-state index in [0.29, 0.717) is 10.8 Å². The van der Waals surface area contributed by atoms with Gasteiger partial charge in [0.05, 0.1) is 5.02 Å². The number of piperidine rings is 1. The number of hydroxylamine groups is 2. The van der Waals surface area contributed by atoms with Crippen LogP contribution in [0.2, 0.25) is 5.02 Å². The SMILES string of the molecule is Fc1ccc(ON2CCCCC2)c(Cl)c1. The van der Waals surface area contributed by atoms with Crippen LogP contribution in [0.1, 0.15) is 19.3 Å². The average molecular weight is 230 g/mol. The van der Waals surface area contributed by atoms with E-state index in [1.54, 1.807) is 6.07 Å². The third kappa shape index (κ3) is 2.83. The van der Waals surface area contributed by atoms with Crippen LogP contribution in [0.4, 0.5) is 4.39 Å². The first-order valence-electron chi connectivity index (χ1n) is 5.14. The van der Waals surface area contributed by atoms with E-state index in [2.05, 4.69) is 0 Å². The Bertz CT molecular complexity index is 339. The molecule has 0 spiro atoms. The lowest BCUT2D eigenvalue weighted by Gasteiger charge is -2.26. The highest BCUT2D eigenvalue weighted by Crippen LogP contribution is 2.26. The van der Waals surface area contributed by atoms with Gasteiger partial charge in [0.2, 0.25) is 0 Å². The van der Waals surface area contributed by atoms with Crippen molar-refractivity contribution in [2.24, 2.45) is 0 Å². The van der Waals surface area contributed by atoms with Gasteiger partial charge in [-0.15, -0.1) is 5.06 Å². The zero-order valence-electron chi connectivity index (χ0n) is 8.38. The molecular formula is C11H13ClFNO. The summed E-state index contributed by atoms with van der Waals surface area (Å²) < 4.78 is 12.8. The smallest absolute Gasteiger partial charge is 0.166 e. The Labute approximate surface area is 93.5 Å². The van der Waals surface area contributed by atoms with Gasteiger partial charge in [0.1, 0.15) is 5.82 Å². The summed E-state index contributed by atoms with van der Waals surface area (Å²) in [5.74, 6) is 0.186. The second kappa shape index (κ2) is 4.81. The maximum Gasteiger partial charge on any atom is 0.166 e. The number of halogens is 2. The number of hydrogen-bond acceptors (Lipinski definition) is 2. The Hall–Kier alpha value is -0.800. The Kier molecular flexibility index (Phi) is 3.44. The molecular weight excluding hydrogens is 217 g/mol. The van der Waals surface area contributed by atoms with Gasteiger partial charge in [-0.1, -0.05) is 18.0 Å². The van der Waals surface area contributed by atoms with Crippen molar-refractivity contribution in [3.05, 3.63) is 29.0 Å². The summed E-state index contributed by atoms with van der Waals surface area (Å²) in [4.78, 5) is 5.58. The Morgan fingerprint density at radius 3 is 2.60 bits per heavy atom. The van der Waals surface area contributed by atoms with Gasteiger partial charge in [0.15, 0.2) is 5.75 Å². The van der Waals surface area contributed by atoms with Crippen LogP contribution in [0.25, 0.3) is 0 Å². The van der Waals surface area contributed by atoms with Crippen LogP contribution in [0.3, 0.4) is 0 Å². The summed E-state index contributed by atoms with van der Waals surface area (Å²) in [7, 11) is 0. The van der Waals surface area contributed by atoms with E-state index < -0.39 is 0 Å². The fourth-order valence-electron chi connectivity index (χ4n) is 1.64. The van der Waals surface area contributed by atoms with Gasteiger partial charge in [0.25, 0.3) is 0 Å². The van der Waals surface area contributed by atoms with Crippen molar-refractivity contribution in [3.8, 4) is 5.75 Å². The van der Waals surface area contributed by atoms with E-state index >= 15 is 0 Å². The largest absolute Gasteiger partial charge is 0.404 e. The summed E-state index contributed by atoms with van der Waals surface area (Å²) in [5.41, 5.74) is 0. The molecule has 1 aliphatic heterocycles. The fourth-order valence-corrected chi connectivity index (χ4v) is 1.85. The summed E-state index contributed by atoms with van der Waals surface area (Å²) in [6.45, 7) is 1.82. The highest BCUT2D eigenvalue weighted by Gasteiger charge is 2.13. The van der Waals surface area contributed by atoms with Gasteiger partial charge in [-0.05, 0) is 31.0 Å². The van der Waals surface area contributed by atoms with Gasteiger partial charge in [-0.2, -0.15) is 0 Å². The van der Waals surface area contributed by atoms with Crippen molar-refractivity contribution in [2.75, 3.05) is 13.1 Å². The molecule has 15 heavy (non-hydrogen) atoms. The highest BCUT2D eigenvalue weighted by atomic mass is 35.5. The van der Waals surface area contributed by atoms with Crippen molar-refractivity contribution in [1.82, 2.24) is 5.06 Å². The monoisotopic (exact) mass is 229 g/mol. The summed E-state index contributed by atoms with van der Waals surface area (Å²) in [5, 5.41) is 2.20. The Morgan fingerprint density at radius 1 is 1.20 bits per heavy atom. The van der Waals surface area contributed by atoms with E-state index in [-0.39, 0.29) is 5.82 Å². The number of hydrogen-bond donors (Lipinski definition) is 0. The molecule has 1 saturated heterocycles. The van der Waals surface area contributed by atoms with Crippen molar-refractivity contribution in [2.45, 2.75) is 19.3 Å². The quantitative estimate of drug-likeness (QED) is 0.772. The van der Waals surface area contributed by atoms with Crippen LogP contribution in [-0.4, -0.2) is 18.2 Å². The number of rotatable bonds is 2. The van der Waals surface area contributed by atoms with Crippen LogP contribution in [0, 0.1) is 5.82 Å². The van der Waals surface area contributed by atoms with Crippen LogP contribution in [-0.2, 0) is 0 Å². The maximum atomic E-state index is 12.8. The van der Waals surface area contributed by atoms with Crippen LogP contribution in [0.15, 0.2) is 18.2 Å². The molecule has 0 aliphatic carbocycles. The molecule has 2 nitrogen and oxygen atoms in total. The fraction of sp³-hybridized carbons (Fsp3) is 0.455. The molecule has 2 rings (SSSR count). The highest BCUT2D eigenvalue weighted by molar-refractivity contribution is 6.32. The lowest BCUT2D eigenvalue weighted by Crippen LogP contribution is -2.32. The molecule has 1 aliphatic rings. The predicted molar refractivity (Wildman–Crippen MR) is 57.5 cm³/mol. The van der Waals surface area contributed by atoms with Gasteiger partial charge < -0.3 is 4.84 Å². The molecule has 1 aromatic rings. The molecule has 0 saturated carbocycles. The number of nitrogens with zero attached hydrogens (tertiary/aromatic N) is 1. The molecule has 0 unspecified atom stereocenters. The Balaban J connectivity index is 2.03. The molecule has 0 atom stereocenters. The minimum atomic E-state index is -0.342. The minimum Gasteiger partial charge on any atom is -0.404 e. The Morgan fingerprint density at radius 2 is 1.93 bits per heavy atom. The van der Waals surface area contributed by atoms with Gasteiger partial charge in [-0.3, -0.25) is 0 Å². The van der Waals surface area contributed by atoms with Crippen molar-refractivity contribution < 1.29 is 9.23 Å². The molecule has 82 valence electrons. The summed E-state index contributed by atoms with van der Waals surface area (Å²) >= 11 is 5.86. The average Bonchev–Trinajstić information content (AvgIpc) is 2.24. The summed E-state index contributed by atoms with van der Waals surface area (Å²) in [6, 6.07) is 4.18. The molecule has 4 heteroatoms. The number of benzene rings is 1. The van der Waals surface area contributed by atoms with Crippen LogP contribution >= 0.6 is 11.6 Å². The third-order valence-electron chi connectivity index (χ3n) is 2.44. The normalized spacial score (nSPS) is 17.7. The zero-order chi connectivity index (χ0) is 10.7. The first kappa shape index (κ1) is 10.7. The molecule has 1 aromatic carbocycles. The van der Waals surface area contributed by atoms with Gasteiger partial charge in [0, 0.05) is 13.1 Å². The van der Waals surface area contributed by atoms with Gasteiger partial charge in [-0.25, -0.2) is 4.39 Å². The molecule has 0 bridgehead atoms. The maximum absolute atomic E-state index is 12.8. The molecule has 1 heterocycles. The van der Waals surface area contributed by atoms with Gasteiger partial charge >= 0.3 is 0 Å². The van der Waals surface area contributed by atoms with E-state index in [9.17, 15) is 4.39 Å². The standard InChI is InChI=1S/C11H13ClFNO/c12-10-8-9(13)4-5-11(10)15-14-6-2-1-3-7-14/h4-5,8H,1-3,6-7H2. The second-order valence-electron chi connectivity index (χ2n) is 3.66. The first-order valence-corrected chi connectivity index (χ1v) is 5.51. The van der Waals surface area contributed by atoms with E-state index in [0.717, 1.165) is 25.9 Å².